The molecule has 1 spiro atoms. The predicted octanol–water partition coefficient (Wildman–Crippen LogP) is -0.758. The Morgan fingerprint density at radius 1 is 0.912 bits per heavy atom. The smallest absolute Gasteiger partial charge is 0.117 e. The van der Waals surface area contributed by atoms with Gasteiger partial charge in [0.1, 0.15) is 5.60 Å². The number of aliphatic hydroxyl groups is 4. The highest BCUT2D eigenvalue weighted by Gasteiger charge is 2.89. The van der Waals surface area contributed by atoms with Gasteiger partial charge in [0.25, 0.3) is 0 Å². The highest BCUT2D eigenvalue weighted by Crippen LogP contribution is 2.79. The molecule has 6 rings (SSSR count). The zero-order valence-corrected chi connectivity index (χ0v) is 20.9. The lowest BCUT2D eigenvalue weighted by molar-refractivity contribution is -0.298. The first kappa shape index (κ1) is 24.0. The van der Waals surface area contributed by atoms with Gasteiger partial charge in [-0.05, 0) is 18.9 Å². The van der Waals surface area contributed by atoms with E-state index in [0.717, 1.165) is 6.54 Å². The number of nitrogens with zero attached hydrogens (tertiary/aromatic N) is 1. The van der Waals surface area contributed by atoms with E-state index >= 15 is 0 Å². The van der Waals surface area contributed by atoms with Crippen LogP contribution in [-0.2, 0) is 18.9 Å². The summed E-state index contributed by atoms with van der Waals surface area (Å²) in [5, 5.41) is 47.6. The van der Waals surface area contributed by atoms with Crippen molar-refractivity contribution >= 4 is 0 Å². The normalized spacial score (nSPS) is 61.7. The second kappa shape index (κ2) is 7.36. The lowest BCUT2D eigenvalue weighted by Crippen LogP contribution is -2.78. The first-order valence-electron chi connectivity index (χ1n) is 12.8. The highest BCUT2D eigenvalue weighted by molar-refractivity contribution is 5.38. The van der Waals surface area contributed by atoms with Crippen molar-refractivity contribution in [3.8, 4) is 0 Å². The van der Waals surface area contributed by atoms with Gasteiger partial charge in [0.2, 0.25) is 0 Å². The molecular formula is C25H41NO8. The van der Waals surface area contributed by atoms with E-state index < -0.39 is 46.3 Å². The van der Waals surface area contributed by atoms with E-state index in [-0.39, 0.29) is 42.4 Å². The monoisotopic (exact) mass is 483 g/mol. The molecule has 34 heavy (non-hydrogen) atoms. The standard InChI is InChI=1S/C25H41NO8/c1-6-26-10-22(11-31-2)13(27)7-14(32-3)25-12-8-23(29)15(33-4)9-24(30,16(12)21(23)28)17(20(25)26)18(34-5)19(22)25/h12-21,27-30H,6-11H2,1-5H3/t12?,13-,14+,15+,16?,17?,18+,19?,20?,21?,22+,23+,24-,25?/m1/s1. The van der Waals surface area contributed by atoms with Crippen molar-refractivity contribution in [3.05, 3.63) is 0 Å². The summed E-state index contributed by atoms with van der Waals surface area (Å²) >= 11 is 0. The molecule has 14 atom stereocenters. The molecule has 1 aliphatic heterocycles. The number of methoxy groups -OCH3 is 4. The molecule has 1 saturated heterocycles. The van der Waals surface area contributed by atoms with Crippen molar-refractivity contribution in [2.75, 3.05) is 48.1 Å². The van der Waals surface area contributed by atoms with Crippen LogP contribution in [0.15, 0.2) is 0 Å². The Morgan fingerprint density at radius 2 is 1.62 bits per heavy atom. The second-order valence-electron chi connectivity index (χ2n) is 12.0. The van der Waals surface area contributed by atoms with Crippen molar-refractivity contribution in [2.24, 2.45) is 34.5 Å². The van der Waals surface area contributed by atoms with Gasteiger partial charge in [-0.2, -0.15) is 0 Å². The average molecular weight is 484 g/mol. The molecule has 4 N–H and O–H groups in total. The fourth-order valence-corrected chi connectivity index (χ4v) is 10.9. The van der Waals surface area contributed by atoms with Crippen molar-refractivity contribution in [1.82, 2.24) is 4.90 Å². The van der Waals surface area contributed by atoms with Crippen LogP contribution in [0.2, 0.25) is 0 Å². The average Bonchev–Trinajstić information content (AvgIpc) is 3.17. The van der Waals surface area contributed by atoms with Gasteiger partial charge in [-0.15, -0.1) is 0 Å². The molecule has 0 radical (unpaired) electrons. The molecule has 0 aromatic carbocycles. The Labute approximate surface area is 201 Å². The highest BCUT2D eigenvalue weighted by atomic mass is 16.5. The van der Waals surface area contributed by atoms with Gasteiger partial charge >= 0.3 is 0 Å². The van der Waals surface area contributed by atoms with Gasteiger partial charge < -0.3 is 39.4 Å². The first-order valence-corrected chi connectivity index (χ1v) is 12.8. The molecule has 6 fully saturated rings. The summed E-state index contributed by atoms with van der Waals surface area (Å²) in [4.78, 5) is 2.39. The Hall–Kier alpha value is -0.360. The largest absolute Gasteiger partial charge is 0.392 e. The van der Waals surface area contributed by atoms with E-state index in [2.05, 4.69) is 11.8 Å². The summed E-state index contributed by atoms with van der Waals surface area (Å²) in [7, 11) is 6.61. The molecule has 5 aliphatic carbocycles. The third-order valence-corrected chi connectivity index (χ3v) is 11.6. The van der Waals surface area contributed by atoms with Crippen LogP contribution >= 0.6 is 0 Å². The van der Waals surface area contributed by atoms with Crippen LogP contribution < -0.4 is 0 Å². The van der Waals surface area contributed by atoms with E-state index in [1.807, 2.05) is 0 Å². The summed E-state index contributed by atoms with van der Waals surface area (Å²) in [5.74, 6) is -1.20. The quantitative estimate of drug-likeness (QED) is 0.386. The molecule has 6 aliphatic rings. The molecule has 0 amide bonds. The molecule has 0 aromatic rings. The second-order valence-corrected chi connectivity index (χ2v) is 12.0. The molecule has 0 aromatic heterocycles. The van der Waals surface area contributed by atoms with Gasteiger partial charge in [-0.25, -0.2) is 0 Å². The molecular weight excluding hydrogens is 442 g/mol. The van der Waals surface area contributed by atoms with Crippen molar-refractivity contribution < 1.29 is 39.4 Å². The zero-order chi connectivity index (χ0) is 24.4. The van der Waals surface area contributed by atoms with Gasteiger partial charge in [0.05, 0.1) is 42.7 Å². The van der Waals surface area contributed by atoms with Crippen molar-refractivity contribution in [2.45, 2.75) is 73.9 Å². The molecule has 194 valence electrons. The Morgan fingerprint density at radius 3 is 2.21 bits per heavy atom. The Kier molecular flexibility index (Phi) is 5.19. The summed E-state index contributed by atoms with van der Waals surface area (Å²) in [5.41, 5.74) is -3.83. The number of piperidine rings is 1. The van der Waals surface area contributed by atoms with Crippen LogP contribution in [0, 0.1) is 34.5 Å². The minimum atomic E-state index is -1.43. The third-order valence-electron chi connectivity index (χ3n) is 11.6. The number of fused-ring (bicyclic) bond motifs is 2. The lowest BCUT2D eigenvalue weighted by atomic mass is 9.42. The molecule has 7 bridgehead atoms. The maximum atomic E-state index is 12.6. The molecule has 9 nitrogen and oxygen atoms in total. The van der Waals surface area contributed by atoms with Gasteiger partial charge in [-0.3, -0.25) is 4.90 Å². The lowest BCUT2D eigenvalue weighted by Gasteiger charge is -2.70. The van der Waals surface area contributed by atoms with Crippen LogP contribution in [0.1, 0.15) is 26.2 Å². The molecule has 9 heteroatoms. The van der Waals surface area contributed by atoms with E-state index in [9.17, 15) is 20.4 Å². The number of aliphatic hydroxyl groups excluding tert-OH is 2. The number of ether oxygens (including phenoxy) is 4. The number of hydrogen-bond acceptors (Lipinski definition) is 9. The fraction of sp³-hybridized carbons (Fsp3) is 1.00. The summed E-state index contributed by atoms with van der Waals surface area (Å²) in [6.07, 6.45) is -2.06. The van der Waals surface area contributed by atoms with E-state index in [1.54, 1.807) is 28.4 Å². The molecule has 7 unspecified atom stereocenters. The van der Waals surface area contributed by atoms with Crippen molar-refractivity contribution in [3.63, 3.8) is 0 Å². The molecule has 1 heterocycles. The van der Waals surface area contributed by atoms with E-state index in [0.29, 0.717) is 26.0 Å². The minimum absolute atomic E-state index is 0.0636. The fourth-order valence-electron chi connectivity index (χ4n) is 10.9. The molecule has 5 saturated carbocycles. The van der Waals surface area contributed by atoms with Crippen molar-refractivity contribution in [1.29, 1.82) is 0 Å². The number of rotatable bonds is 6. The summed E-state index contributed by atoms with van der Waals surface area (Å²) in [6.45, 7) is 3.88. The van der Waals surface area contributed by atoms with E-state index in [4.69, 9.17) is 18.9 Å². The van der Waals surface area contributed by atoms with Crippen LogP contribution in [-0.4, -0.2) is 121 Å². The maximum absolute atomic E-state index is 12.6. The van der Waals surface area contributed by atoms with Gasteiger partial charge in [0, 0.05) is 82.5 Å². The predicted molar refractivity (Wildman–Crippen MR) is 120 cm³/mol. The number of likely N-dealkylation sites (tertiary alicyclic amines) is 1. The SMILES string of the molecule is CCN1C[C@@]2(COC)C3[C@@H](OC)C4C1C3(C1C[C@@]3(O)C(O)C1[C@]4(O)C[C@@H]3OC)[C@@H](OC)C[C@H]2O. The van der Waals surface area contributed by atoms with Gasteiger partial charge in [0.15, 0.2) is 0 Å². The Balaban J connectivity index is 1.66. The first-order chi connectivity index (χ1) is 16.2. The third kappa shape index (κ3) is 2.26. The maximum Gasteiger partial charge on any atom is 0.117 e. The number of hydrogen-bond donors (Lipinski definition) is 4. The van der Waals surface area contributed by atoms with Crippen LogP contribution in [0.3, 0.4) is 0 Å². The summed E-state index contributed by atoms with van der Waals surface area (Å²) in [6, 6.07) is -0.0636. The van der Waals surface area contributed by atoms with Crippen LogP contribution in [0.5, 0.6) is 0 Å². The summed E-state index contributed by atoms with van der Waals surface area (Å²) < 4.78 is 24.0. The minimum Gasteiger partial charge on any atom is -0.392 e. The zero-order valence-electron chi connectivity index (χ0n) is 20.9. The van der Waals surface area contributed by atoms with Crippen LogP contribution in [0.25, 0.3) is 0 Å². The van der Waals surface area contributed by atoms with E-state index in [1.165, 1.54) is 0 Å². The van der Waals surface area contributed by atoms with Gasteiger partial charge in [-0.1, -0.05) is 6.92 Å². The topological polar surface area (TPSA) is 121 Å². The van der Waals surface area contributed by atoms with Crippen LogP contribution in [0.4, 0.5) is 0 Å². The Bertz CT molecular complexity index is 846.